The van der Waals surface area contributed by atoms with Gasteiger partial charge in [-0.3, -0.25) is 0 Å². The first-order valence-corrected chi connectivity index (χ1v) is 8.09. The molecule has 0 saturated heterocycles. The summed E-state index contributed by atoms with van der Waals surface area (Å²) in [5.41, 5.74) is 0.992. The Morgan fingerprint density at radius 2 is 1.81 bits per heavy atom. The minimum absolute atomic E-state index is 0.0499. The van der Waals surface area contributed by atoms with Gasteiger partial charge in [0.25, 0.3) is 0 Å². The van der Waals surface area contributed by atoms with Crippen molar-refractivity contribution in [2.75, 3.05) is 0 Å². The first kappa shape index (κ1) is 16.7. The normalized spacial score (nSPS) is 14.2. The van der Waals surface area contributed by atoms with Crippen LogP contribution in [0.15, 0.2) is 24.3 Å². The molecule has 1 N–H and O–H groups in total. The van der Waals surface area contributed by atoms with Gasteiger partial charge in [0, 0.05) is 17.6 Å². The molecule has 0 radical (unpaired) electrons. The molecule has 2 unspecified atom stereocenters. The average molecular weight is 350 g/mol. The van der Waals surface area contributed by atoms with Crippen LogP contribution in [-0.4, -0.2) is 6.04 Å². The van der Waals surface area contributed by atoms with Crippen molar-refractivity contribution in [3.05, 3.63) is 55.7 Å². The first-order chi connectivity index (χ1) is 9.88. The van der Waals surface area contributed by atoms with Crippen LogP contribution in [0.1, 0.15) is 31.0 Å². The van der Waals surface area contributed by atoms with Crippen LogP contribution in [0.4, 0.5) is 8.78 Å². The number of hydrogen-bond acceptors (Lipinski definition) is 2. The maximum absolute atomic E-state index is 13.6. The van der Waals surface area contributed by atoms with Gasteiger partial charge in [-0.1, -0.05) is 29.3 Å². The SMILES string of the molecule is CC(Cc1c(F)cccc1F)NC(C)c1cc(Cl)sc1Cl. The highest BCUT2D eigenvalue weighted by Crippen LogP contribution is 2.35. The van der Waals surface area contributed by atoms with Crippen LogP contribution in [0, 0.1) is 11.6 Å². The molecule has 1 aromatic carbocycles. The molecule has 21 heavy (non-hydrogen) atoms. The van der Waals surface area contributed by atoms with E-state index in [0.717, 1.165) is 5.56 Å². The van der Waals surface area contributed by atoms with Crippen molar-refractivity contribution < 1.29 is 8.78 Å². The van der Waals surface area contributed by atoms with E-state index < -0.39 is 11.6 Å². The molecule has 0 aliphatic heterocycles. The molecule has 0 aliphatic carbocycles. The minimum atomic E-state index is -0.520. The van der Waals surface area contributed by atoms with Gasteiger partial charge in [-0.25, -0.2) is 8.78 Å². The predicted molar refractivity (Wildman–Crippen MR) is 85.4 cm³/mol. The topological polar surface area (TPSA) is 12.0 Å². The number of nitrogens with one attached hydrogen (secondary N) is 1. The second-order valence-corrected chi connectivity index (χ2v) is 7.26. The predicted octanol–water partition coefficient (Wildman–Crippen LogP) is 5.61. The summed E-state index contributed by atoms with van der Waals surface area (Å²) in [7, 11) is 0. The van der Waals surface area contributed by atoms with Crippen LogP contribution in [0.25, 0.3) is 0 Å². The number of thiophene rings is 1. The van der Waals surface area contributed by atoms with Crippen molar-refractivity contribution >= 4 is 34.5 Å². The molecule has 2 aromatic rings. The van der Waals surface area contributed by atoms with E-state index in [2.05, 4.69) is 5.32 Å². The Kier molecular flexibility index (Phi) is 5.60. The van der Waals surface area contributed by atoms with Gasteiger partial charge in [0.15, 0.2) is 0 Å². The summed E-state index contributed by atoms with van der Waals surface area (Å²) in [5.74, 6) is -1.04. The molecule has 1 aromatic heterocycles. The zero-order valence-electron chi connectivity index (χ0n) is 11.6. The lowest BCUT2D eigenvalue weighted by Crippen LogP contribution is -2.31. The Hall–Kier alpha value is -0.680. The van der Waals surface area contributed by atoms with Crippen LogP contribution in [0.2, 0.25) is 8.67 Å². The summed E-state index contributed by atoms with van der Waals surface area (Å²) < 4.78 is 28.5. The Labute approximate surface area is 136 Å². The monoisotopic (exact) mass is 349 g/mol. The van der Waals surface area contributed by atoms with E-state index in [-0.39, 0.29) is 24.1 Å². The molecule has 0 bridgehead atoms. The van der Waals surface area contributed by atoms with E-state index in [9.17, 15) is 8.78 Å². The van der Waals surface area contributed by atoms with Gasteiger partial charge in [-0.2, -0.15) is 0 Å². The molecule has 2 atom stereocenters. The molecule has 114 valence electrons. The van der Waals surface area contributed by atoms with Crippen LogP contribution < -0.4 is 5.32 Å². The van der Waals surface area contributed by atoms with Crippen molar-refractivity contribution in [2.24, 2.45) is 0 Å². The second-order valence-electron chi connectivity index (χ2n) is 4.97. The molecule has 2 rings (SSSR count). The minimum Gasteiger partial charge on any atom is -0.307 e. The molecule has 0 saturated carbocycles. The Morgan fingerprint density at radius 3 is 2.33 bits per heavy atom. The fourth-order valence-corrected chi connectivity index (χ4v) is 3.90. The summed E-state index contributed by atoms with van der Waals surface area (Å²) >= 11 is 13.3. The molecule has 1 nitrogen and oxygen atoms in total. The molecule has 0 aliphatic rings. The van der Waals surface area contributed by atoms with Crippen LogP contribution >= 0.6 is 34.5 Å². The van der Waals surface area contributed by atoms with Gasteiger partial charge >= 0.3 is 0 Å². The smallest absolute Gasteiger partial charge is 0.129 e. The Morgan fingerprint density at radius 1 is 1.19 bits per heavy atom. The first-order valence-electron chi connectivity index (χ1n) is 6.52. The van der Waals surface area contributed by atoms with Crippen molar-refractivity contribution in [2.45, 2.75) is 32.4 Å². The highest BCUT2D eigenvalue weighted by Gasteiger charge is 2.17. The summed E-state index contributed by atoms with van der Waals surface area (Å²) in [6.45, 7) is 3.82. The quantitative estimate of drug-likeness (QED) is 0.739. The van der Waals surface area contributed by atoms with E-state index in [1.807, 2.05) is 19.9 Å². The molecular weight excluding hydrogens is 335 g/mol. The largest absolute Gasteiger partial charge is 0.307 e. The van der Waals surface area contributed by atoms with Crippen LogP contribution in [-0.2, 0) is 6.42 Å². The number of hydrogen-bond donors (Lipinski definition) is 1. The summed E-state index contributed by atoms with van der Waals surface area (Å²) in [5, 5.41) is 3.28. The van der Waals surface area contributed by atoms with E-state index in [4.69, 9.17) is 23.2 Å². The summed E-state index contributed by atoms with van der Waals surface area (Å²) in [6, 6.07) is 5.55. The van der Waals surface area contributed by atoms with Gasteiger partial charge in [0.1, 0.15) is 11.6 Å². The maximum atomic E-state index is 13.6. The van der Waals surface area contributed by atoms with Crippen molar-refractivity contribution in [3.8, 4) is 0 Å². The van der Waals surface area contributed by atoms with E-state index in [1.165, 1.54) is 29.5 Å². The maximum Gasteiger partial charge on any atom is 0.129 e. The van der Waals surface area contributed by atoms with E-state index in [1.54, 1.807) is 0 Å². The van der Waals surface area contributed by atoms with Crippen molar-refractivity contribution in [3.63, 3.8) is 0 Å². The van der Waals surface area contributed by atoms with E-state index in [0.29, 0.717) is 8.67 Å². The number of benzene rings is 1. The molecule has 6 heteroatoms. The van der Waals surface area contributed by atoms with Crippen molar-refractivity contribution in [1.82, 2.24) is 5.32 Å². The van der Waals surface area contributed by atoms with Crippen LogP contribution in [0.3, 0.4) is 0 Å². The fraction of sp³-hybridized carbons (Fsp3) is 0.333. The molecule has 1 heterocycles. The Balaban J connectivity index is 2.05. The number of rotatable bonds is 5. The van der Waals surface area contributed by atoms with Gasteiger partial charge in [0.05, 0.1) is 8.67 Å². The second kappa shape index (κ2) is 7.05. The standard InChI is InChI=1S/C15H15Cl2F2NS/c1-8(6-11-12(18)4-3-5-13(11)19)20-9(2)10-7-14(16)21-15(10)17/h3-5,7-9,20H,6H2,1-2H3. The fourth-order valence-electron chi connectivity index (χ4n) is 2.26. The van der Waals surface area contributed by atoms with Crippen LogP contribution in [0.5, 0.6) is 0 Å². The van der Waals surface area contributed by atoms with Gasteiger partial charge in [0.2, 0.25) is 0 Å². The van der Waals surface area contributed by atoms with E-state index >= 15 is 0 Å². The van der Waals surface area contributed by atoms with Gasteiger partial charge in [-0.05, 0) is 44.0 Å². The molecule has 0 amide bonds. The third kappa shape index (κ3) is 4.16. The molecule has 0 spiro atoms. The van der Waals surface area contributed by atoms with Crippen molar-refractivity contribution in [1.29, 1.82) is 0 Å². The Bertz CT molecular complexity index is 610. The zero-order chi connectivity index (χ0) is 15.6. The summed E-state index contributed by atoms with van der Waals surface area (Å²) in [4.78, 5) is 0. The molecule has 0 fully saturated rings. The lowest BCUT2D eigenvalue weighted by Gasteiger charge is -2.20. The zero-order valence-corrected chi connectivity index (χ0v) is 13.9. The van der Waals surface area contributed by atoms with Gasteiger partial charge in [-0.15, -0.1) is 11.3 Å². The van der Waals surface area contributed by atoms with Gasteiger partial charge < -0.3 is 5.32 Å². The highest BCUT2D eigenvalue weighted by atomic mass is 35.5. The third-order valence-corrected chi connectivity index (χ3v) is 4.77. The summed E-state index contributed by atoms with van der Waals surface area (Å²) in [6.07, 6.45) is 0.262. The lowest BCUT2D eigenvalue weighted by atomic mass is 10.0. The average Bonchev–Trinajstić information content (AvgIpc) is 2.73. The number of halogens is 4. The lowest BCUT2D eigenvalue weighted by molar-refractivity contribution is 0.458. The highest BCUT2D eigenvalue weighted by molar-refractivity contribution is 7.20. The molecular formula is C15H15Cl2F2NS. The third-order valence-electron chi connectivity index (χ3n) is 3.26.